The van der Waals surface area contributed by atoms with Crippen LogP contribution in [0.3, 0.4) is 0 Å². The van der Waals surface area contributed by atoms with Gasteiger partial charge in [0.25, 0.3) is 0 Å². The minimum Gasteiger partial charge on any atom is -0.491 e. The number of fused-ring (bicyclic) bond motifs is 1. The van der Waals surface area contributed by atoms with Gasteiger partial charge < -0.3 is 20.5 Å². The molecule has 10 nitrogen and oxygen atoms in total. The zero-order chi connectivity index (χ0) is 27.5. The van der Waals surface area contributed by atoms with Crippen LogP contribution in [0.25, 0.3) is 0 Å². The van der Waals surface area contributed by atoms with E-state index in [1.807, 2.05) is 0 Å². The van der Waals surface area contributed by atoms with Gasteiger partial charge in [-0.15, -0.1) is 0 Å². The summed E-state index contributed by atoms with van der Waals surface area (Å²) in [5.74, 6) is 0.403. The third-order valence-corrected chi connectivity index (χ3v) is 6.57. The summed E-state index contributed by atoms with van der Waals surface area (Å²) in [6.07, 6.45) is 11.1. The number of carboxylic acid groups (broad SMARTS) is 1. The Morgan fingerprint density at radius 3 is 2.85 bits per heavy atom. The second kappa shape index (κ2) is 14.3. The van der Waals surface area contributed by atoms with Gasteiger partial charge in [-0.05, 0) is 63.6 Å². The van der Waals surface area contributed by atoms with Crippen LogP contribution in [-0.4, -0.2) is 74.7 Å². The molecule has 4 heterocycles. The smallest absolute Gasteiger partial charge is 0.326 e. The molecular weight excluding hydrogens is 501 g/mol. The lowest BCUT2D eigenvalue weighted by atomic mass is 10.1. The van der Waals surface area contributed by atoms with E-state index < -0.39 is 17.8 Å². The monoisotopic (exact) mass is 537 g/mol. The number of halogens is 1. The number of ether oxygens (including phenoxy) is 1. The predicted molar refractivity (Wildman–Crippen MR) is 147 cm³/mol. The molecule has 1 aliphatic heterocycles. The molecule has 1 aliphatic rings. The highest BCUT2D eigenvalue weighted by Gasteiger charge is 2.20. The molecule has 0 fully saturated rings. The second-order valence-electron chi connectivity index (χ2n) is 9.70. The number of rotatable bonds is 15. The number of nitrogens with zero attached hydrogens (tertiary/aromatic N) is 5. The molecule has 11 heteroatoms. The van der Waals surface area contributed by atoms with E-state index >= 15 is 0 Å². The Bertz CT molecular complexity index is 1230. The molecule has 1 atom stereocenters. The van der Waals surface area contributed by atoms with Crippen LogP contribution in [0.4, 0.5) is 16.0 Å². The van der Waals surface area contributed by atoms with Crippen LogP contribution >= 0.6 is 0 Å². The Labute approximate surface area is 228 Å². The fourth-order valence-electron chi connectivity index (χ4n) is 4.53. The Kier molecular flexibility index (Phi) is 10.4. The van der Waals surface area contributed by atoms with E-state index in [2.05, 4.69) is 42.6 Å². The summed E-state index contributed by atoms with van der Waals surface area (Å²) in [4.78, 5) is 31.1. The molecule has 0 bridgehead atoms. The molecule has 0 saturated carbocycles. The van der Waals surface area contributed by atoms with Crippen molar-refractivity contribution >= 4 is 17.6 Å². The van der Waals surface area contributed by atoms with Gasteiger partial charge in [-0.2, -0.15) is 0 Å². The van der Waals surface area contributed by atoms with Gasteiger partial charge >= 0.3 is 5.97 Å². The van der Waals surface area contributed by atoms with E-state index in [9.17, 15) is 14.3 Å². The Morgan fingerprint density at radius 1 is 1.15 bits per heavy atom. The van der Waals surface area contributed by atoms with Crippen molar-refractivity contribution in [2.75, 3.05) is 43.4 Å². The van der Waals surface area contributed by atoms with Gasteiger partial charge in [0.1, 0.15) is 35.9 Å². The Balaban J connectivity index is 1.30. The molecule has 0 amide bonds. The van der Waals surface area contributed by atoms with Gasteiger partial charge in [0, 0.05) is 37.6 Å². The van der Waals surface area contributed by atoms with Crippen LogP contribution in [0.15, 0.2) is 43.0 Å². The van der Waals surface area contributed by atoms with E-state index in [4.69, 9.17) is 9.72 Å². The lowest BCUT2D eigenvalue weighted by Crippen LogP contribution is -2.37. The number of aryl methyl sites for hydroxylation is 3. The summed E-state index contributed by atoms with van der Waals surface area (Å²) < 4.78 is 19.1. The Hall–Kier alpha value is -3.86. The first-order chi connectivity index (χ1) is 19.0. The first-order valence-corrected chi connectivity index (χ1v) is 13.4. The lowest BCUT2D eigenvalue weighted by Gasteiger charge is -2.24. The molecule has 0 aromatic carbocycles. The third kappa shape index (κ3) is 9.13. The van der Waals surface area contributed by atoms with Gasteiger partial charge in [0.2, 0.25) is 0 Å². The number of anilines is 2. The SMILES string of the molecule is Cc1cncc(NC(CCN(CCCCc2ccc3c(n2)NCCC3)CCOc2cncc(F)c2)C(=O)O)n1. The summed E-state index contributed by atoms with van der Waals surface area (Å²) in [5, 5.41) is 16.1. The average Bonchev–Trinajstić information content (AvgIpc) is 2.92. The number of unbranched alkanes of at least 4 members (excludes halogenated alkanes) is 1. The number of carbonyl (C=O) groups is 1. The van der Waals surface area contributed by atoms with Crippen molar-refractivity contribution in [3.63, 3.8) is 0 Å². The maximum absolute atomic E-state index is 13.4. The van der Waals surface area contributed by atoms with Crippen molar-refractivity contribution in [3.8, 4) is 5.75 Å². The maximum atomic E-state index is 13.4. The van der Waals surface area contributed by atoms with Gasteiger partial charge in [-0.25, -0.2) is 19.2 Å². The Morgan fingerprint density at radius 2 is 2.03 bits per heavy atom. The molecular formula is C28H36FN7O3. The van der Waals surface area contributed by atoms with Crippen molar-refractivity contribution in [1.29, 1.82) is 0 Å². The first kappa shape index (κ1) is 28.2. The van der Waals surface area contributed by atoms with Crippen LogP contribution in [0.1, 0.15) is 42.6 Å². The zero-order valence-corrected chi connectivity index (χ0v) is 22.3. The van der Waals surface area contributed by atoms with Gasteiger partial charge in [-0.1, -0.05) is 6.07 Å². The topological polar surface area (TPSA) is 125 Å². The molecule has 0 radical (unpaired) electrons. The number of hydrogen-bond donors (Lipinski definition) is 3. The molecule has 3 aromatic heterocycles. The summed E-state index contributed by atoms with van der Waals surface area (Å²) in [6.45, 7) is 4.97. The summed E-state index contributed by atoms with van der Waals surface area (Å²) in [5.41, 5.74) is 3.06. The molecule has 3 aromatic rings. The molecule has 3 N–H and O–H groups in total. The maximum Gasteiger partial charge on any atom is 0.326 e. The van der Waals surface area contributed by atoms with Gasteiger partial charge in [0.05, 0.1) is 24.3 Å². The van der Waals surface area contributed by atoms with Crippen LogP contribution < -0.4 is 15.4 Å². The van der Waals surface area contributed by atoms with Crippen molar-refractivity contribution in [3.05, 3.63) is 65.8 Å². The van der Waals surface area contributed by atoms with E-state index in [-0.39, 0.29) is 0 Å². The van der Waals surface area contributed by atoms with Crippen molar-refractivity contribution in [2.24, 2.45) is 0 Å². The molecule has 4 rings (SSSR count). The van der Waals surface area contributed by atoms with Crippen LogP contribution in [0.2, 0.25) is 0 Å². The van der Waals surface area contributed by atoms with Crippen LogP contribution in [0.5, 0.6) is 5.75 Å². The second-order valence-corrected chi connectivity index (χ2v) is 9.70. The van der Waals surface area contributed by atoms with Crippen molar-refractivity contribution in [1.82, 2.24) is 24.8 Å². The number of nitrogens with one attached hydrogen (secondary N) is 2. The van der Waals surface area contributed by atoms with Crippen molar-refractivity contribution < 1.29 is 19.0 Å². The molecule has 0 saturated heterocycles. The molecule has 39 heavy (non-hydrogen) atoms. The zero-order valence-electron chi connectivity index (χ0n) is 22.3. The minimum absolute atomic E-state index is 0.331. The standard InChI is InChI=1S/C28H36FN7O3/c1-20-16-30-19-26(33-20)35-25(28(37)38)9-12-36(13-14-39-24-15-22(29)17-31-18-24)11-3-2-6-23-8-7-21-5-4-10-32-27(21)34-23/h7-8,15-19,25H,2-6,9-14H2,1H3,(H,32,34)(H,33,35)(H,37,38). The molecule has 1 unspecified atom stereocenters. The van der Waals surface area contributed by atoms with E-state index in [0.29, 0.717) is 43.4 Å². The number of carboxylic acids is 1. The fraction of sp³-hybridized carbons (Fsp3) is 0.464. The van der Waals surface area contributed by atoms with Crippen LogP contribution in [-0.2, 0) is 17.6 Å². The molecule has 0 spiro atoms. The normalized spacial score (nSPS) is 13.4. The minimum atomic E-state index is -0.951. The van der Waals surface area contributed by atoms with Crippen LogP contribution in [0, 0.1) is 12.7 Å². The van der Waals surface area contributed by atoms with E-state index in [1.54, 1.807) is 13.1 Å². The lowest BCUT2D eigenvalue weighted by molar-refractivity contribution is -0.138. The largest absolute Gasteiger partial charge is 0.491 e. The number of aromatic nitrogens is 4. The summed E-state index contributed by atoms with van der Waals surface area (Å²) >= 11 is 0. The molecule has 0 aliphatic carbocycles. The number of pyridine rings is 2. The summed E-state index contributed by atoms with van der Waals surface area (Å²) in [6, 6.07) is 4.77. The number of hydrogen-bond acceptors (Lipinski definition) is 9. The van der Waals surface area contributed by atoms with Crippen molar-refractivity contribution in [2.45, 2.75) is 51.5 Å². The van der Waals surface area contributed by atoms with E-state index in [0.717, 1.165) is 62.9 Å². The molecule has 208 valence electrons. The highest BCUT2D eigenvalue weighted by atomic mass is 19.1. The predicted octanol–water partition coefficient (Wildman–Crippen LogP) is 3.73. The first-order valence-electron chi connectivity index (χ1n) is 13.4. The van der Waals surface area contributed by atoms with Gasteiger partial charge in [0.15, 0.2) is 0 Å². The highest BCUT2D eigenvalue weighted by Crippen LogP contribution is 2.20. The fourth-order valence-corrected chi connectivity index (χ4v) is 4.53. The highest BCUT2D eigenvalue weighted by molar-refractivity contribution is 5.76. The summed E-state index contributed by atoms with van der Waals surface area (Å²) in [7, 11) is 0. The van der Waals surface area contributed by atoms with Gasteiger partial charge in [-0.3, -0.25) is 14.9 Å². The average molecular weight is 538 g/mol. The number of aliphatic carboxylic acids is 1. The van der Waals surface area contributed by atoms with E-state index in [1.165, 1.54) is 24.0 Å². The third-order valence-electron chi connectivity index (χ3n) is 6.57. The quantitative estimate of drug-likeness (QED) is 0.247.